The highest BCUT2D eigenvalue weighted by Crippen LogP contribution is 2.05. The molecule has 96 valence electrons. The smallest absolute Gasteiger partial charge is 0.0478 e. The zero-order chi connectivity index (χ0) is 12.3. The number of ether oxygens (including phenoxy) is 1. The van der Waals surface area contributed by atoms with Gasteiger partial charge in [0.1, 0.15) is 0 Å². The molecule has 0 N–H and O–H groups in total. The zero-order valence-electron chi connectivity index (χ0n) is 10.6. The van der Waals surface area contributed by atoms with Gasteiger partial charge in [-0.2, -0.15) is 0 Å². The van der Waals surface area contributed by atoms with Crippen molar-refractivity contribution in [1.29, 1.82) is 0 Å². The van der Waals surface area contributed by atoms with Crippen LogP contribution < -0.4 is 0 Å². The van der Waals surface area contributed by atoms with E-state index in [1.807, 2.05) is 6.92 Å². The van der Waals surface area contributed by atoms with Crippen molar-refractivity contribution in [3.05, 3.63) is 35.9 Å². The summed E-state index contributed by atoms with van der Waals surface area (Å²) >= 11 is 3.51. The van der Waals surface area contributed by atoms with Crippen LogP contribution >= 0.6 is 15.9 Å². The first-order chi connectivity index (χ1) is 8.36. The van der Waals surface area contributed by atoms with Crippen LogP contribution in [0.5, 0.6) is 0 Å². The molecule has 0 heterocycles. The van der Waals surface area contributed by atoms with Gasteiger partial charge in [-0.15, -0.1) is 0 Å². The second-order valence-corrected chi connectivity index (χ2v) is 4.79. The molecular formula is C14H22BrNO. The number of hydrogen-bond acceptors (Lipinski definition) is 2. The van der Waals surface area contributed by atoms with Gasteiger partial charge in [-0.05, 0) is 18.9 Å². The molecule has 0 aromatic heterocycles. The minimum atomic E-state index is 0.817. The number of alkyl halides is 1. The third-order valence-corrected chi connectivity index (χ3v) is 2.97. The summed E-state index contributed by atoms with van der Waals surface area (Å²) < 4.78 is 5.37. The fraction of sp³-hybridized carbons (Fsp3) is 0.571. The highest BCUT2D eigenvalue weighted by atomic mass is 79.9. The Balaban J connectivity index is 2.32. The molecule has 0 spiro atoms. The molecule has 0 aliphatic heterocycles. The van der Waals surface area contributed by atoms with E-state index >= 15 is 0 Å². The molecule has 0 saturated heterocycles. The molecule has 3 heteroatoms. The van der Waals surface area contributed by atoms with Crippen molar-refractivity contribution in [3.8, 4) is 0 Å². The maximum absolute atomic E-state index is 5.37. The maximum atomic E-state index is 5.37. The molecule has 0 atom stereocenters. The van der Waals surface area contributed by atoms with Gasteiger partial charge in [-0.1, -0.05) is 46.3 Å². The van der Waals surface area contributed by atoms with Crippen LogP contribution in [-0.2, 0) is 11.3 Å². The van der Waals surface area contributed by atoms with Crippen LogP contribution in [0, 0.1) is 0 Å². The van der Waals surface area contributed by atoms with Crippen molar-refractivity contribution in [2.75, 3.05) is 31.6 Å². The van der Waals surface area contributed by atoms with E-state index in [9.17, 15) is 0 Å². The van der Waals surface area contributed by atoms with Crippen LogP contribution in [-0.4, -0.2) is 36.5 Å². The monoisotopic (exact) mass is 299 g/mol. The average molecular weight is 300 g/mol. The van der Waals surface area contributed by atoms with E-state index in [0.29, 0.717) is 0 Å². The Morgan fingerprint density at radius 2 is 1.94 bits per heavy atom. The van der Waals surface area contributed by atoms with Crippen molar-refractivity contribution in [2.24, 2.45) is 0 Å². The number of halogens is 1. The van der Waals surface area contributed by atoms with Gasteiger partial charge < -0.3 is 4.74 Å². The summed E-state index contributed by atoms with van der Waals surface area (Å²) in [7, 11) is 0. The highest BCUT2D eigenvalue weighted by Gasteiger charge is 2.04. The number of rotatable bonds is 9. The van der Waals surface area contributed by atoms with Crippen LogP contribution in [0.25, 0.3) is 0 Å². The Hall–Kier alpha value is -0.380. The summed E-state index contributed by atoms with van der Waals surface area (Å²) in [4.78, 5) is 2.46. The van der Waals surface area contributed by atoms with E-state index in [1.165, 1.54) is 5.56 Å². The van der Waals surface area contributed by atoms with E-state index in [2.05, 4.69) is 51.2 Å². The molecule has 0 radical (unpaired) electrons. The molecule has 0 unspecified atom stereocenters. The van der Waals surface area contributed by atoms with Crippen LogP contribution in [0.4, 0.5) is 0 Å². The van der Waals surface area contributed by atoms with Gasteiger partial charge in [0, 0.05) is 38.2 Å². The standard InChI is InChI=1S/C14H22BrNO/c1-2-17-12-6-10-16(11-9-15)13-14-7-4-3-5-8-14/h3-5,7-8H,2,6,9-13H2,1H3. The van der Waals surface area contributed by atoms with Crippen molar-refractivity contribution in [1.82, 2.24) is 4.90 Å². The molecule has 1 aromatic carbocycles. The van der Waals surface area contributed by atoms with E-state index in [1.54, 1.807) is 0 Å². The largest absolute Gasteiger partial charge is 0.382 e. The molecule has 17 heavy (non-hydrogen) atoms. The molecule has 0 fully saturated rings. The lowest BCUT2D eigenvalue weighted by atomic mass is 10.2. The van der Waals surface area contributed by atoms with Gasteiger partial charge in [0.05, 0.1) is 0 Å². The molecule has 1 aromatic rings. The lowest BCUT2D eigenvalue weighted by Gasteiger charge is -2.21. The molecule has 0 bridgehead atoms. The van der Waals surface area contributed by atoms with Crippen molar-refractivity contribution < 1.29 is 4.74 Å². The average Bonchev–Trinajstić information content (AvgIpc) is 2.36. The van der Waals surface area contributed by atoms with E-state index in [0.717, 1.165) is 44.6 Å². The lowest BCUT2D eigenvalue weighted by molar-refractivity contribution is 0.132. The molecule has 0 aliphatic carbocycles. The van der Waals surface area contributed by atoms with Crippen LogP contribution in [0.2, 0.25) is 0 Å². The first-order valence-electron chi connectivity index (χ1n) is 6.26. The molecule has 2 nitrogen and oxygen atoms in total. The second kappa shape index (κ2) is 9.63. The Labute approximate surface area is 113 Å². The Kier molecular flexibility index (Phi) is 8.32. The van der Waals surface area contributed by atoms with Gasteiger partial charge in [0.15, 0.2) is 0 Å². The molecule has 1 rings (SSSR count). The van der Waals surface area contributed by atoms with Crippen LogP contribution in [0.3, 0.4) is 0 Å². The minimum Gasteiger partial charge on any atom is -0.382 e. The Morgan fingerprint density at radius 3 is 2.59 bits per heavy atom. The Morgan fingerprint density at radius 1 is 1.18 bits per heavy atom. The van der Waals surface area contributed by atoms with Gasteiger partial charge >= 0.3 is 0 Å². The summed E-state index contributed by atoms with van der Waals surface area (Å²) in [5.74, 6) is 0. The SMILES string of the molecule is CCOCCCN(CCBr)Cc1ccccc1. The highest BCUT2D eigenvalue weighted by molar-refractivity contribution is 9.09. The number of hydrogen-bond donors (Lipinski definition) is 0. The fourth-order valence-corrected chi connectivity index (χ4v) is 2.27. The summed E-state index contributed by atoms with van der Waals surface area (Å²) in [6.45, 7) is 6.93. The molecule has 0 amide bonds. The van der Waals surface area contributed by atoms with Gasteiger partial charge in [0.2, 0.25) is 0 Å². The summed E-state index contributed by atoms with van der Waals surface area (Å²) in [6.07, 6.45) is 1.10. The quantitative estimate of drug-likeness (QED) is 0.512. The predicted octanol–water partition coefficient (Wildman–Crippen LogP) is 3.31. The summed E-state index contributed by atoms with van der Waals surface area (Å²) in [5.41, 5.74) is 1.38. The van der Waals surface area contributed by atoms with E-state index in [4.69, 9.17) is 4.74 Å². The van der Waals surface area contributed by atoms with Crippen LogP contribution in [0.1, 0.15) is 18.9 Å². The van der Waals surface area contributed by atoms with Gasteiger partial charge in [-0.25, -0.2) is 0 Å². The topological polar surface area (TPSA) is 12.5 Å². The fourth-order valence-electron chi connectivity index (χ4n) is 1.77. The third kappa shape index (κ3) is 6.81. The van der Waals surface area contributed by atoms with Gasteiger partial charge in [-0.3, -0.25) is 4.90 Å². The number of nitrogens with zero attached hydrogens (tertiary/aromatic N) is 1. The van der Waals surface area contributed by atoms with Crippen molar-refractivity contribution in [3.63, 3.8) is 0 Å². The second-order valence-electron chi connectivity index (χ2n) is 4.00. The maximum Gasteiger partial charge on any atom is 0.0478 e. The van der Waals surface area contributed by atoms with Crippen LogP contribution in [0.15, 0.2) is 30.3 Å². The van der Waals surface area contributed by atoms with E-state index in [-0.39, 0.29) is 0 Å². The summed E-state index contributed by atoms with van der Waals surface area (Å²) in [6, 6.07) is 10.6. The normalized spacial score (nSPS) is 11.0. The third-order valence-electron chi connectivity index (χ3n) is 2.62. The van der Waals surface area contributed by atoms with Crippen molar-refractivity contribution >= 4 is 15.9 Å². The van der Waals surface area contributed by atoms with Crippen molar-refractivity contribution in [2.45, 2.75) is 19.9 Å². The molecule has 0 aliphatic rings. The Bertz CT molecular complexity index is 279. The first-order valence-corrected chi connectivity index (χ1v) is 7.39. The van der Waals surface area contributed by atoms with Gasteiger partial charge in [0.25, 0.3) is 0 Å². The summed E-state index contributed by atoms with van der Waals surface area (Å²) in [5, 5.41) is 1.02. The predicted molar refractivity (Wildman–Crippen MR) is 76.6 cm³/mol. The number of benzene rings is 1. The van der Waals surface area contributed by atoms with E-state index < -0.39 is 0 Å². The zero-order valence-corrected chi connectivity index (χ0v) is 12.2. The molecule has 0 saturated carbocycles. The first kappa shape index (κ1) is 14.7. The molecular weight excluding hydrogens is 278 g/mol. The lowest BCUT2D eigenvalue weighted by Crippen LogP contribution is -2.27. The minimum absolute atomic E-state index is 0.817.